The number of pyridine rings is 1. The highest BCUT2D eigenvalue weighted by atomic mass is 79.9. The van der Waals surface area contributed by atoms with Crippen LogP contribution < -0.4 is 10.6 Å². The molecular weight excluding hydrogens is 531 g/mol. The molecule has 0 saturated carbocycles. The SMILES string of the molecule is O=C(Cc1cccc(C(=O)NCc2ccccc2C(F)(F)F)c1)Nc1cc2c(Br)cncc2s1. The Bertz CT molecular complexity index is 1370. The van der Waals surface area contributed by atoms with E-state index < -0.39 is 17.6 Å². The van der Waals surface area contributed by atoms with Crippen molar-refractivity contribution >= 4 is 54.2 Å². The van der Waals surface area contributed by atoms with E-state index in [-0.39, 0.29) is 30.0 Å². The van der Waals surface area contributed by atoms with Crippen molar-refractivity contribution in [2.75, 3.05) is 5.32 Å². The van der Waals surface area contributed by atoms with Gasteiger partial charge in [-0.3, -0.25) is 14.6 Å². The Hall–Kier alpha value is -3.24. The van der Waals surface area contributed by atoms with Gasteiger partial charge in [-0.25, -0.2) is 0 Å². The van der Waals surface area contributed by atoms with Crippen molar-refractivity contribution < 1.29 is 22.8 Å². The molecule has 2 aromatic carbocycles. The monoisotopic (exact) mass is 547 g/mol. The summed E-state index contributed by atoms with van der Waals surface area (Å²) in [6, 6.07) is 13.4. The molecule has 0 aliphatic rings. The molecular formula is C24H17BrF3N3O2S. The fraction of sp³-hybridized carbons (Fsp3) is 0.125. The van der Waals surface area contributed by atoms with Crippen molar-refractivity contribution in [2.45, 2.75) is 19.1 Å². The lowest BCUT2D eigenvalue weighted by Crippen LogP contribution is -2.24. The quantitative estimate of drug-likeness (QED) is 0.302. The molecule has 4 rings (SSSR count). The zero-order valence-electron chi connectivity index (χ0n) is 17.4. The number of thiophene rings is 1. The maximum absolute atomic E-state index is 13.2. The van der Waals surface area contributed by atoms with Crippen molar-refractivity contribution in [1.82, 2.24) is 10.3 Å². The van der Waals surface area contributed by atoms with Crippen LogP contribution in [0.4, 0.5) is 18.2 Å². The molecule has 2 aromatic heterocycles. The standard InChI is InChI=1S/C24H17BrF3N3O2S/c25-19-12-29-13-20-17(19)10-22(34-20)31-21(32)9-14-4-3-6-15(8-14)23(33)30-11-16-5-1-2-7-18(16)24(26,27)28/h1-8,10,12-13H,9,11H2,(H,30,33)(H,31,32). The third-order valence-electron chi connectivity index (χ3n) is 4.98. The lowest BCUT2D eigenvalue weighted by molar-refractivity contribution is -0.138. The molecule has 0 saturated heterocycles. The smallest absolute Gasteiger partial charge is 0.348 e. The van der Waals surface area contributed by atoms with E-state index in [1.54, 1.807) is 36.7 Å². The molecule has 34 heavy (non-hydrogen) atoms. The van der Waals surface area contributed by atoms with Crippen molar-refractivity contribution in [2.24, 2.45) is 0 Å². The van der Waals surface area contributed by atoms with Gasteiger partial charge < -0.3 is 10.6 Å². The first-order chi connectivity index (χ1) is 16.2. The van der Waals surface area contributed by atoms with Crippen LogP contribution in [0.15, 0.2) is 71.5 Å². The summed E-state index contributed by atoms with van der Waals surface area (Å²) in [5.74, 6) is -0.784. The number of amides is 2. The average molecular weight is 548 g/mol. The number of hydrogen-bond acceptors (Lipinski definition) is 4. The Morgan fingerprint density at radius 3 is 2.59 bits per heavy atom. The van der Waals surface area contributed by atoms with E-state index in [4.69, 9.17) is 0 Å². The van der Waals surface area contributed by atoms with Gasteiger partial charge in [0.2, 0.25) is 5.91 Å². The third kappa shape index (κ3) is 5.63. The molecule has 0 radical (unpaired) electrons. The molecule has 0 fully saturated rings. The third-order valence-corrected chi connectivity index (χ3v) is 6.59. The molecule has 0 spiro atoms. The number of aromatic nitrogens is 1. The van der Waals surface area contributed by atoms with E-state index in [0.717, 1.165) is 20.6 Å². The number of hydrogen-bond donors (Lipinski definition) is 2. The lowest BCUT2D eigenvalue weighted by Gasteiger charge is -2.13. The van der Waals surface area contributed by atoms with Crippen LogP contribution in [-0.2, 0) is 23.9 Å². The Kier molecular flexibility index (Phi) is 6.99. The molecule has 10 heteroatoms. The molecule has 0 aliphatic carbocycles. The molecule has 5 nitrogen and oxygen atoms in total. The highest BCUT2D eigenvalue weighted by Gasteiger charge is 2.32. The number of rotatable bonds is 6. The van der Waals surface area contributed by atoms with Crippen LogP contribution >= 0.6 is 27.3 Å². The number of nitrogens with one attached hydrogen (secondary N) is 2. The Morgan fingerprint density at radius 2 is 1.82 bits per heavy atom. The molecule has 174 valence electrons. The Balaban J connectivity index is 1.40. The number of fused-ring (bicyclic) bond motifs is 1. The van der Waals surface area contributed by atoms with Crippen LogP contribution in [0.25, 0.3) is 10.1 Å². The largest absolute Gasteiger partial charge is 0.416 e. The van der Waals surface area contributed by atoms with Crippen molar-refractivity contribution in [1.29, 1.82) is 0 Å². The van der Waals surface area contributed by atoms with Gasteiger partial charge in [0.15, 0.2) is 0 Å². The maximum Gasteiger partial charge on any atom is 0.416 e. The van der Waals surface area contributed by atoms with Crippen LogP contribution in [-0.4, -0.2) is 16.8 Å². The topological polar surface area (TPSA) is 71.1 Å². The first-order valence-electron chi connectivity index (χ1n) is 10.1. The number of halogens is 4. The molecule has 0 unspecified atom stereocenters. The van der Waals surface area contributed by atoms with Gasteiger partial charge in [0.05, 0.1) is 21.7 Å². The van der Waals surface area contributed by atoms with Crippen LogP contribution in [0.5, 0.6) is 0 Å². The Labute approximate surface area is 205 Å². The second kappa shape index (κ2) is 9.94. The molecule has 2 amide bonds. The summed E-state index contributed by atoms with van der Waals surface area (Å²) in [7, 11) is 0. The predicted octanol–water partition coefficient (Wildman–Crippen LogP) is 6.19. The van der Waals surface area contributed by atoms with Gasteiger partial charge in [0.25, 0.3) is 5.91 Å². The summed E-state index contributed by atoms with van der Waals surface area (Å²) in [5, 5.41) is 6.98. The normalized spacial score (nSPS) is 11.4. The van der Waals surface area contributed by atoms with Crippen molar-refractivity contribution in [3.8, 4) is 0 Å². The van der Waals surface area contributed by atoms with Crippen molar-refractivity contribution in [3.05, 3.63) is 93.7 Å². The zero-order chi connectivity index (χ0) is 24.3. The van der Waals surface area contributed by atoms with E-state index in [2.05, 4.69) is 31.5 Å². The summed E-state index contributed by atoms with van der Waals surface area (Å²) >= 11 is 4.83. The van der Waals surface area contributed by atoms with Gasteiger partial charge in [0, 0.05) is 34.4 Å². The second-order valence-electron chi connectivity index (χ2n) is 7.41. The maximum atomic E-state index is 13.2. The number of alkyl halides is 3. The minimum Gasteiger partial charge on any atom is -0.348 e. The molecule has 4 aromatic rings. The molecule has 2 heterocycles. The summed E-state index contributed by atoms with van der Waals surface area (Å²) in [4.78, 5) is 29.2. The zero-order valence-corrected chi connectivity index (χ0v) is 19.9. The number of carbonyl (C=O) groups excluding carboxylic acids is 2. The van der Waals surface area contributed by atoms with Gasteiger partial charge in [-0.2, -0.15) is 13.2 Å². The second-order valence-corrected chi connectivity index (χ2v) is 9.34. The highest BCUT2D eigenvalue weighted by molar-refractivity contribution is 9.10. The minimum atomic E-state index is -4.50. The first-order valence-corrected chi connectivity index (χ1v) is 11.7. The van der Waals surface area contributed by atoms with E-state index in [0.29, 0.717) is 10.6 Å². The number of benzene rings is 2. The van der Waals surface area contributed by atoms with Gasteiger partial charge >= 0.3 is 6.18 Å². The molecule has 0 aliphatic heterocycles. The summed E-state index contributed by atoms with van der Waals surface area (Å²) in [5.41, 5.74) is 0.0466. The van der Waals surface area contributed by atoms with E-state index >= 15 is 0 Å². The van der Waals surface area contributed by atoms with Gasteiger partial charge in [-0.15, -0.1) is 11.3 Å². The molecule has 0 atom stereocenters. The van der Waals surface area contributed by atoms with Gasteiger partial charge in [0.1, 0.15) is 0 Å². The molecule has 2 N–H and O–H groups in total. The minimum absolute atomic E-state index is 0.0240. The van der Waals surface area contributed by atoms with E-state index in [1.165, 1.54) is 29.5 Å². The number of anilines is 1. The fourth-order valence-electron chi connectivity index (χ4n) is 3.41. The fourth-order valence-corrected chi connectivity index (χ4v) is 4.96. The van der Waals surface area contributed by atoms with Gasteiger partial charge in [-0.05, 0) is 51.3 Å². The predicted molar refractivity (Wildman–Crippen MR) is 129 cm³/mol. The summed E-state index contributed by atoms with van der Waals surface area (Å²) < 4.78 is 41.2. The number of carbonyl (C=O) groups is 2. The first kappa shape index (κ1) is 23.9. The van der Waals surface area contributed by atoms with Gasteiger partial charge in [-0.1, -0.05) is 30.3 Å². The van der Waals surface area contributed by atoms with Crippen LogP contribution in [0, 0.1) is 0 Å². The molecule has 0 bridgehead atoms. The average Bonchev–Trinajstić information content (AvgIpc) is 3.21. The van der Waals surface area contributed by atoms with Crippen LogP contribution in [0.2, 0.25) is 0 Å². The van der Waals surface area contributed by atoms with E-state index in [9.17, 15) is 22.8 Å². The number of nitrogens with zero attached hydrogens (tertiary/aromatic N) is 1. The van der Waals surface area contributed by atoms with Crippen LogP contribution in [0.1, 0.15) is 27.0 Å². The lowest BCUT2D eigenvalue weighted by atomic mass is 10.1. The highest BCUT2D eigenvalue weighted by Crippen LogP contribution is 2.34. The summed E-state index contributed by atoms with van der Waals surface area (Å²) in [6.07, 6.45) is -1.07. The van der Waals surface area contributed by atoms with Crippen molar-refractivity contribution in [3.63, 3.8) is 0 Å². The Morgan fingerprint density at radius 1 is 1.03 bits per heavy atom. The van der Waals surface area contributed by atoms with E-state index in [1.807, 2.05) is 6.07 Å². The van der Waals surface area contributed by atoms with Crippen LogP contribution in [0.3, 0.4) is 0 Å². The summed E-state index contributed by atoms with van der Waals surface area (Å²) in [6.45, 7) is -0.268.